The first-order chi connectivity index (χ1) is 8.72. The lowest BCUT2D eigenvalue weighted by Gasteiger charge is -2.10. The van der Waals surface area contributed by atoms with Gasteiger partial charge < -0.3 is 10.2 Å². The summed E-state index contributed by atoms with van der Waals surface area (Å²) < 4.78 is 5.50. The number of anilines is 1. The average Bonchev–Trinajstić information content (AvgIpc) is 2.88. The van der Waals surface area contributed by atoms with Gasteiger partial charge in [0.2, 0.25) is 0 Å². The van der Waals surface area contributed by atoms with Crippen molar-refractivity contribution >= 4 is 23.1 Å². The van der Waals surface area contributed by atoms with Crippen molar-refractivity contribution in [2.45, 2.75) is 23.8 Å². The second kappa shape index (κ2) is 6.03. The first-order valence-corrected chi connectivity index (χ1v) is 6.69. The first kappa shape index (κ1) is 13.1. The molecule has 0 bridgehead atoms. The summed E-state index contributed by atoms with van der Waals surface area (Å²) in [5.74, 6) is 6.02. The van der Waals surface area contributed by atoms with Gasteiger partial charge in [-0.1, -0.05) is 6.07 Å². The van der Waals surface area contributed by atoms with E-state index in [-0.39, 0.29) is 11.8 Å². The number of ether oxygens (including phenoxy) is 1. The van der Waals surface area contributed by atoms with E-state index in [0.717, 1.165) is 25.2 Å². The van der Waals surface area contributed by atoms with E-state index in [2.05, 4.69) is 5.43 Å². The van der Waals surface area contributed by atoms with E-state index in [0.29, 0.717) is 10.6 Å². The molecule has 1 aromatic rings. The summed E-state index contributed by atoms with van der Waals surface area (Å²) in [6, 6.07) is 5.08. The Morgan fingerprint density at radius 3 is 3.06 bits per heavy atom. The van der Waals surface area contributed by atoms with Crippen LogP contribution in [0.4, 0.5) is 11.4 Å². The van der Waals surface area contributed by atoms with Crippen LogP contribution < -0.4 is 11.3 Å². The lowest BCUT2D eigenvalue weighted by atomic mass is 10.3. The van der Waals surface area contributed by atoms with Gasteiger partial charge in [-0.15, -0.1) is 11.8 Å². The maximum atomic E-state index is 11.1. The number of benzene rings is 1. The largest absolute Gasteiger partial charge is 0.377 e. The standard InChI is InChI=1S/C11H15N3O3S/c12-13-9-4-1-5-10(11(9)14(15)16)18-7-8-3-2-6-17-8/h1,4-5,8,13H,2-3,6-7,12H2. The summed E-state index contributed by atoms with van der Waals surface area (Å²) >= 11 is 1.44. The fraction of sp³-hybridized carbons (Fsp3) is 0.455. The second-order valence-electron chi connectivity index (χ2n) is 4.00. The molecule has 0 spiro atoms. The van der Waals surface area contributed by atoms with Gasteiger partial charge in [0.25, 0.3) is 0 Å². The number of nitrogens with one attached hydrogen (secondary N) is 1. The highest BCUT2D eigenvalue weighted by molar-refractivity contribution is 7.99. The Kier molecular flexibility index (Phi) is 4.40. The lowest BCUT2D eigenvalue weighted by molar-refractivity contribution is -0.386. The van der Waals surface area contributed by atoms with Crippen molar-refractivity contribution in [1.29, 1.82) is 0 Å². The molecule has 1 saturated heterocycles. The minimum absolute atomic E-state index is 0.0306. The van der Waals surface area contributed by atoms with Crippen LogP contribution in [0.5, 0.6) is 0 Å². The average molecular weight is 269 g/mol. The highest BCUT2D eigenvalue weighted by Crippen LogP contribution is 2.36. The zero-order chi connectivity index (χ0) is 13.0. The molecule has 0 aromatic heterocycles. The molecule has 1 aromatic carbocycles. The normalized spacial score (nSPS) is 18.8. The molecule has 3 N–H and O–H groups in total. The number of thioether (sulfide) groups is 1. The molecule has 0 aliphatic carbocycles. The van der Waals surface area contributed by atoms with Crippen LogP contribution in [0, 0.1) is 10.1 Å². The number of hydrogen-bond donors (Lipinski definition) is 2. The van der Waals surface area contributed by atoms with Gasteiger partial charge in [-0.05, 0) is 25.0 Å². The van der Waals surface area contributed by atoms with Crippen molar-refractivity contribution in [2.75, 3.05) is 17.8 Å². The van der Waals surface area contributed by atoms with E-state index in [1.165, 1.54) is 11.8 Å². The van der Waals surface area contributed by atoms with Gasteiger partial charge in [0.05, 0.1) is 15.9 Å². The number of nitro benzene ring substituents is 1. The van der Waals surface area contributed by atoms with Crippen LogP contribution >= 0.6 is 11.8 Å². The van der Waals surface area contributed by atoms with Crippen LogP contribution in [-0.2, 0) is 4.74 Å². The topological polar surface area (TPSA) is 90.4 Å². The number of nitrogens with two attached hydrogens (primary N) is 1. The van der Waals surface area contributed by atoms with Gasteiger partial charge in [-0.2, -0.15) is 0 Å². The third-order valence-electron chi connectivity index (χ3n) is 2.79. The van der Waals surface area contributed by atoms with Crippen molar-refractivity contribution in [2.24, 2.45) is 5.84 Å². The second-order valence-corrected chi connectivity index (χ2v) is 5.06. The highest BCUT2D eigenvalue weighted by Gasteiger charge is 2.22. The van der Waals surface area contributed by atoms with Gasteiger partial charge in [0.1, 0.15) is 5.69 Å². The van der Waals surface area contributed by atoms with Crippen LogP contribution in [-0.4, -0.2) is 23.4 Å². The summed E-state index contributed by atoms with van der Waals surface area (Å²) in [5, 5.41) is 11.1. The van der Waals surface area contributed by atoms with Crippen LogP contribution in [0.2, 0.25) is 0 Å². The van der Waals surface area contributed by atoms with Crippen molar-refractivity contribution in [3.05, 3.63) is 28.3 Å². The van der Waals surface area contributed by atoms with Crippen molar-refractivity contribution in [3.8, 4) is 0 Å². The maximum absolute atomic E-state index is 11.1. The Morgan fingerprint density at radius 2 is 2.44 bits per heavy atom. The zero-order valence-electron chi connectivity index (χ0n) is 9.80. The first-order valence-electron chi connectivity index (χ1n) is 5.71. The molecule has 18 heavy (non-hydrogen) atoms. The summed E-state index contributed by atoms with van der Waals surface area (Å²) in [6.45, 7) is 0.789. The van der Waals surface area contributed by atoms with Crippen LogP contribution in [0.3, 0.4) is 0 Å². The van der Waals surface area contributed by atoms with E-state index in [1.54, 1.807) is 18.2 Å². The summed E-state index contributed by atoms with van der Waals surface area (Å²) in [6.07, 6.45) is 2.29. The Morgan fingerprint density at radius 1 is 1.61 bits per heavy atom. The number of nitro groups is 1. The molecule has 7 heteroatoms. The minimum atomic E-state index is -0.410. The smallest absolute Gasteiger partial charge is 0.307 e. The fourth-order valence-electron chi connectivity index (χ4n) is 1.90. The van der Waals surface area contributed by atoms with E-state index < -0.39 is 4.92 Å². The molecule has 1 unspecified atom stereocenters. The molecule has 1 heterocycles. The van der Waals surface area contributed by atoms with Crippen LogP contribution in [0.15, 0.2) is 23.1 Å². The monoisotopic (exact) mass is 269 g/mol. The van der Waals surface area contributed by atoms with Gasteiger partial charge in [-0.25, -0.2) is 0 Å². The van der Waals surface area contributed by atoms with Gasteiger partial charge in [0, 0.05) is 12.4 Å². The number of nitrogens with zero attached hydrogens (tertiary/aromatic N) is 1. The SMILES string of the molecule is NNc1cccc(SCC2CCCO2)c1[N+](=O)[O-]. The molecule has 0 saturated carbocycles. The summed E-state index contributed by atoms with van der Waals surface area (Å²) in [5.41, 5.74) is 2.72. The van der Waals surface area contributed by atoms with Crippen LogP contribution in [0.1, 0.15) is 12.8 Å². The van der Waals surface area contributed by atoms with E-state index in [1.807, 2.05) is 0 Å². The number of hydrogen-bond acceptors (Lipinski definition) is 6. The molecular weight excluding hydrogens is 254 g/mol. The highest BCUT2D eigenvalue weighted by atomic mass is 32.2. The van der Waals surface area contributed by atoms with E-state index >= 15 is 0 Å². The molecule has 0 radical (unpaired) electrons. The summed E-state index contributed by atoms with van der Waals surface area (Å²) in [4.78, 5) is 11.3. The molecule has 1 atom stereocenters. The Labute approximate surface area is 109 Å². The van der Waals surface area contributed by atoms with Crippen LogP contribution in [0.25, 0.3) is 0 Å². The Balaban J connectivity index is 2.13. The number of rotatable bonds is 5. The van der Waals surface area contributed by atoms with Gasteiger partial charge in [-0.3, -0.25) is 16.0 Å². The van der Waals surface area contributed by atoms with Gasteiger partial charge >= 0.3 is 5.69 Å². The summed E-state index contributed by atoms with van der Waals surface area (Å²) in [7, 11) is 0. The Hall–Kier alpha value is -1.31. The Bertz CT molecular complexity index is 436. The third-order valence-corrected chi connectivity index (χ3v) is 3.96. The molecule has 1 aliphatic rings. The van der Waals surface area contributed by atoms with Gasteiger partial charge in [0.15, 0.2) is 0 Å². The van der Waals surface area contributed by atoms with E-state index in [4.69, 9.17) is 10.6 Å². The quantitative estimate of drug-likeness (QED) is 0.368. The van der Waals surface area contributed by atoms with E-state index in [9.17, 15) is 10.1 Å². The third kappa shape index (κ3) is 2.92. The van der Waals surface area contributed by atoms with Crippen molar-refractivity contribution in [1.82, 2.24) is 0 Å². The molecule has 98 valence electrons. The predicted octanol–water partition coefficient (Wildman–Crippen LogP) is 2.15. The molecule has 6 nitrogen and oxygen atoms in total. The molecule has 1 fully saturated rings. The molecule has 2 rings (SSSR count). The number of hydrazine groups is 1. The minimum Gasteiger partial charge on any atom is -0.377 e. The number of nitrogen functional groups attached to an aromatic ring is 1. The molecule has 0 amide bonds. The predicted molar refractivity (Wildman–Crippen MR) is 70.6 cm³/mol. The lowest BCUT2D eigenvalue weighted by Crippen LogP contribution is -2.10. The van der Waals surface area contributed by atoms with Crippen molar-refractivity contribution < 1.29 is 9.66 Å². The fourth-order valence-corrected chi connectivity index (χ4v) is 3.03. The zero-order valence-corrected chi connectivity index (χ0v) is 10.6. The maximum Gasteiger partial charge on any atom is 0.307 e. The molecule has 1 aliphatic heterocycles. The van der Waals surface area contributed by atoms with Crippen molar-refractivity contribution in [3.63, 3.8) is 0 Å². The molecular formula is C11H15N3O3S. The number of para-hydroxylation sites is 1.